The number of aromatic nitrogens is 4. The van der Waals surface area contributed by atoms with Gasteiger partial charge in [-0.1, -0.05) is 0 Å². The highest BCUT2D eigenvalue weighted by Gasteiger charge is 2.47. The van der Waals surface area contributed by atoms with Crippen molar-refractivity contribution in [2.75, 3.05) is 6.61 Å². The third-order valence-corrected chi connectivity index (χ3v) is 4.29. The molecule has 1 fully saturated rings. The largest absolute Gasteiger partial charge is 0.394 e. The third-order valence-electron chi connectivity index (χ3n) is 4.29. The van der Waals surface area contributed by atoms with E-state index < -0.39 is 48.5 Å². The fraction of sp³-hybridized carbons (Fsp3) is 0.615. The molecule has 3 heterocycles. The maximum absolute atomic E-state index is 12.4. The van der Waals surface area contributed by atoms with Gasteiger partial charge in [-0.2, -0.15) is 0 Å². The summed E-state index contributed by atoms with van der Waals surface area (Å²) < 4.78 is 8.70. The van der Waals surface area contributed by atoms with Crippen molar-refractivity contribution in [1.29, 1.82) is 0 Å². The lowest BCUT2D eigenvalue weighted by Gasteiger charge is -2.19. The second-order valence-corrected chi connectivity index (χ2v) is 5.75. The van der Waals surface area contributed by atoms with Crippen LogP contribution in [0.25, 0.3) is 11.2 Å². The number of aryl methyl sites for hydroxylation is 1. The molecule has 0 unspecified atom stereocenters. The first-order chi connectivity index (χ1) is 11.3. The monoisotopic (exact) mass is 342 g/mol. The Balaban J connectivity index is 2.15. The minimum absolute atomic E-state index is 0.00925. The van der Waals surface area contributed by atoms with Crippen LogP contribution in [0.1, 0.15) is 6.23 Å². The molecule has 0 amide bonds. The zero-order chi connectivity index (χ0) is 17.8. The van der Waals surface area contributed by atoms with Gasteiger partial charge in [0.2, 0.25) is 0 Å². The lowest BCUT2D eigenvalue weighted by molar-refractivity contribution is -0.0961. The molecule has 3 rings (SSSR count). The van der Waals surface area contributed by atoms with Crippen LogP contribution in [0.5, 0.6) is 0 Å². The van der Waals surface area contributed by atoms with Crippen molar-refractivity contribution in [2.45, 2.75) is 30.6 Å². The van der Waals surface area contributed by atoms with Crippen LogP contribution in [0, 0.1) is 0 Å². The molecule has 11 nitrogen and oxygen atoms in total. The lowest BCUT2D eigenvalue weighted by atomic mass is 10.1. The van der Waals surface area contributed by atoms with Crippen LogP contribution in [0.15, 0.2) is 15.9 Å². The van der Waals surface area contributed by atoms with Gasteiger partial charge in [0.1, 0.15) is 24.4 Å². The first kappa shape index (κ1) is 16.8. The molecule has 0 spiro atoms. The number of aliphatic hydroxyl groups is 4. The average molecular weight is 342 g/mol. The van der Waals surface area contributed by atoms with Gasteiger partial charge in [0.25, 0.3) is 5.56 Å². The minimum atomic E-state index is -1.47. The highest BCUT2D eigenvalue weighted by atomic mass is 16.6. The summed E-state index contributed by atoms with van der Waals surface area (Å²) in [6.45, 7) is -0.665. The maximum Gasteiger partial charge on any atom is 0.332 e. The summed E-state index contributed by atoms with van der Waals surface area (Å²) in [6, 6.07) is 0. The van der Waals surface area contributed by atoms with Crippen LogP contribution in [0.4, 0.5) is 0 Å². The number of imidazole rings is 1. The number of hydrogen-bond acceptors (Lipinski definition) is 8. The van der Waals surface area contributed by atoms with Crippen molar-refractivity contribution in [3.63, 3.8) is 0 Å². The van der Waals surface area contributed by atoms with Gasteiger partial charge >= 0.3 is 5.69 Å². The molecular weight excluding hydrogens is 324 g/mol. The normalized spacial score (nSPS) is 28.6. The van der Waals surface area contributed by atoms with Gasteiger partial charge in [-0.05, 0) is 0 Å². The highest BCUT2D eigenvalue weighted by molar-refractivity contribution is 5.70. The maximum atomic E-state index is 12.4. The Bertz CT molecular complexity index is 885. The van der Waals surface area contributed by atoms with E-state index in [1.54, 1.807) is 0 Å². The number of nitrogens with zero attached hydrogens (tertiary/aromatic N) is 4. The van der Waals surface area contributed by atoms with Crippen LogP contribution in [0.2, 0.25) is 0 Å². The average Bonchev–Trinajstić information content (AvgIpc) is 3.13. The van der Waals surface area contributed by atoms with Crippen molar-refractivity contribution in [2.24, 2.45) is 14.1 Å². The predicted octanol–water partition coefficient (Wildman–Crippen LogP) is -3.59. The molecule has 5 atom stereocenters. The van der Waals surface area contributed by atoms with Crippen LogP contribution in [-0.2, 0) is 18.8 Å². The SMILES string of the molecule is Cn1c(=O)c2c(ncn2[C@@H]2O[C@H]([C@H](O)CO)[C@H](O)[C@H]2O)n(C)c1=O. The smallest absolute Gasteiger partial charge is 0.332 e. The Labute approximate surface area is 134 Å². The van der Waals surface area contributed by atoms with Gasteiger partial charge < -0.3 is 25.2 Å². The Morgan fingerprint density at radius 2 is 1.92 bits per heavy atom. The number of rotatable bonds is 3. The molecule has 0 bridgehead atoms. The van der Waals surface area contributed by atoms with Crippen molar-refractivity contribution >= 4 is 11.2 Å². The summed E-state index contributed by atoms with van der Waals surface area (Å²) in [7, 11) is 2.75. The predicted molar refractivity (Wildman–Crippen MR) is 79.2 cm³/mol. The standard InChI is InChI=1S/C13H18N4O7/c1-15-10-6(11(22)16(2)13(15)23)17(4-14-10)12-8(21)7(20)9(24-12)5(19)3-18/h4-5,7-9,12,18-21H,3H2,1-2H3/t5-,7-,8-,9-,12-/m1/s1. The molecule has 1 saturated heterocycles. The molecule has 1 aliphatic rings. The Morgan fingerprint density at radius 1 is 1.25 bits per heavy atom. The molecule has 11 heteroatoms. The number of hydrogen-bond donors (Lipinski definition) is 4. The summed E-state index contributed by atoms with van der Waals surface area (Å²) in [4.78, 5) is 28.3. The topological polar surface area (TPSA) is 152 Å². The molecule has 4 N–H and O–H groups in total. The van der Waals surface area contributed by atoms with Gasteiger partial charge in [0.15, 0.2) is 17.4 Å². The molecule has 0 radical (unpaired) electrons. The van der Waals surface area contributed by atoms with Crippen LogP contribution >= 0.6 is 0 Å². The Hall–Kier alpha value is -2.05. The molecule has 2 aromatic rings. The van der Waals surface area contributed by atoms with Crippen LogP contribution in [-0.4, -0.2) is 70.1 Å². The van der Waals surface area contributed by atoms with Gasteiger partial charge in [0, 0.05) is 14.1 Å². The molecule has 24 heavy (non-hydrogen) atoms. The van der Waals surface area contributed by atoms with Crippen molar-refractivity contribution in [1.82, 2.24) is 18.7 Å². The van der Waals surface area contributed by atoms with Crippen LogP contribution < -0.4 is 11.2 Å². The van der Waals surface area contributed by atoms with E-state index >= 15 is 0 Å². The van der Waals surface area contributed by atoms with E-state index in [4.69, 9.17) is 9.84 Å². The first-order valence-corrected chi connectivity index (χ1v) is 7.22. The van der Waals surface area contributed by atoms with E-state index in [1.807, 2.05) is 0 Å². The van der Waals surface area contributed by atoms with E-state index in [-0.39, 0.29) is 11.2 Å². The second-order valence-electron chi connectivity index (χ2n) is 5.75. The van der Waals surface area contributed by atoms with E-state index in [0.29, 0.717) is 0 Å². The summed E-state index contributed by atoms with van der Waals surface area (Å²) in [5.74, 6) is 0. The first-order valence-electron chi connectivity index (χ1n) is 7.22. The fourth-order valence-electron chi connectivity index (χ4n) is 2.89. The highest BCUT2D eigenvalue weighted by Crippen LogP contribution is 2.32. The summed E-state index contributed by atoms with van der Waals surface area (Å²) >= 11 is 0. The second kappa shape index (κ2) is 5.79. The number of ether oxygens (including phenoxy) is 1. The van der Waals surface area contributed by atoms with Gasteiger partial charge in [-0.25, -0.2) is 9.78 Å². The molecule has 0 saturated carbocycles. The minimum Gasteiger partial charge on any atom is -0.394 e. The molecule has 132 valence electrons. The third kappa shape index (κ3) is 2.21. The lowest BCUT2D eigenvalue weighted by Crippen LogP contribution is -2.40. The van der Waals surface area contributed by atoms with Gasteiger partial charge in [-0.15, -0.1) is 0 Å². The van der Waals surface area contributed by atoms with Gasteiger partial charge in [0.05, 0.1) is 12.9 Å². The summed E-state index contributed by atoms with van der Waals surface area (Å²) in [6.07, 6.45) is -5.56. The van der Waals surface area contributed by atoms with Crippen molar-refractivity contribution < 1.29 is 25.2 Å². The molecule has 0 aliphatic carbocycles. The number of fused-ring (bicyclic) bond motifs is 1. The van der Waals surface area contributed by atoms with E-state index in [9.17, 15) is 24.9 Å². The van der Waals surface area contributed by atoms with Crippen molar-refractivity contribution in [3.05, 3.63) is 27.2 Å². The molecule has 2 aromatic heterocycles. The van der Waals surface area contributed by atoms with Crippen molar-refractivity contribution in [3.8, 4) is 0 Å². The summed E-state index contributed by atoms with van der Waals surface area (Å²) in [5.41, 5.74) is -1.09. The molecule has 1 aliphatic heterocycles. The Kier molecular flexibility index (Phi) is 4.05. The van der Waals surface area contributed by atoms with Gasteiger partial charge in [-0.3, -0.25) is 18.5 Å². The van der Waals surface area contributed by atoms with Crippen LogP contribution in [0.3, 0.4) is 0 Å². The molecule has 0 aromatic carbocycles. The molecular formula is C13H18N4O7. The zero-order valence-corrected chi connectivity index (χ0v) is 13.0. The number of aliphatic hydroxyl groups excluding tert-OH is 4. The zero-order valence-electron chi connectivity index (χ0n) is 13.0. The summed E-state index contributed by atoms with van der Waals surface area (Å²) in [5, 5.41) is 38.9. The Morgan fingerprint density at radius 3 is 2.54 bits per heavy atom. The van der Waals surface area contributed by atoms with E-state index in [2.05, 4.69) is 4.98 Å². The fourth-order valence-corrected chi connectivity index (χ4v) is 2.89. The van der Waals surface area contributed by atoms with E-state index in [1.165, 1.54) is 29.6 Å². The quantitative estimate of drug-likeness (QED) is 0.446. The van der Waals surface area contributed by atoms with E-state index in [0.717, 1.165) is 4.57 Å².